The number of para-hydroxylation sites is 1. The first-order valence-corrected chi connectivity index (χ1v) is 8.07. The fourth-order valence-electron chi connectivity index (χ4n) is 3.95. The highest BCUT2D eigenvalue weighted by atomic mass is 14.9. The molecule has 0 aromatic heterocycles. The van der Waals surface area contributed by atoms with Crippen molar-refractivity contribution >= 4 is 5.69 Å². The van der Waals surface area contributed by atoms with Gasteiger partial charge in [0, 0.05) is 11.7 Å². The lowest BCUT2D eigenvalue weighted by molar-refractivity contribution is 0.193. The number of nitrogens with one attached hydrogen (secondary N) is 1. The molecular weight excluding hydrogens is 230 g/mol. The molecule has 0 bridgehead atoms. The Morgan fingerprint density at radius 2 is 1.89 bits per heavy atom. The molecule has 2 aliphatic rings. The van der Waals surface area contributed by atoms with Crippen LogP contribution in [0.5, 0.6) is 0 Å². The van der Waals surface area contributed by atoms with Crippen LogP contribution in [0.1, 0.15) is 51.5 Å². The Balaban J connectivity index is 1.57. The van der Waals surface area contributed by atoms with Crippen LogP contribution in [0.4, 0.5) is 5.69 Å². The minimum Gasteiger partial charge on any atom is -0.382 e. The van der Waals surface area contributed by atoms with E-state index in [1.54, 1.807) is 0 Å². The highest BCUT2D eigenvalue weighted by Crippen LogP contribution is 2.37. The molecule has 1 aliphatic heterocycles. The van der Waals surface area contributed by atoms with Crippen molar-refractivity contribution in [2.24, 2.45) is 17.8 Å². The van der Waals surface area contributed by atoms with E-state index in [4.69, 9.17) is 0 Å². The highest BCUT2D eigenvalue weighted by molar-refractivity contribution is 5.53. The molecule has 1 heteroatoms. The number of anilines is 1. The Bertz CT molecular complexity index is 425. The molecule has 1 N–H and O–H groups in total. The number of hydrogen-bond donors (Lipinski definition) is 1. The summed E-state index contributed by atoms with van der Waals surface area (Å²) in [6, 6.07) is 9.53. The van der Waals surface area contributed by atoms with E-state index in [0.717, 1.165) is 17.8 Å². The van der Waals surface area contributed by atoms with Gasteiger partial charge in [0.15, 0.2) is 0 Å². The SMILES string of the molecule is CC1CCC(CC2CCc3ccccc3N2)CC1C. The van der Waals surface area contributed by atoms with Crippen LogP contribution in [-0.4, -0.2) is 6.04 Å². The number of hydrogen-bond acceptors (Lipinski definition) is 1. The molecular formula is C18H27N. The molecule has 0 radical (unpaired) electrons. The molecule has 0 spiro atoms. The summed E-state index contributed by atoms with van der Waals surface area (Å²) < 4.78 is 0. The van der Waals surface area contributed by atoms with Gasteiger partial charge in [0.25, 0.3) is 0 Å². The zero-order valence-corrected chi connectivity index (χ0v) is 12.4. The molecule has 1 aromatic carbocycles. The second-order valence-corrected chi connectivity index (χ2v) is 6.91. The summed E-state index contributed by atoms with van der Waals surface area (Å²) in [6.45, 7) is 4.87. The third-order valence-electron chi connectivity index (χ3n) is 5.46. The molecule has 1 aromatic rings. The van der Waals surface area contributed by atoms with E-state index in [1.165, 1.54) is 49.8 Å². The van der Waals surface area contributed by atoms with Gasteiger partial charge in [-0.05, 0) is 55.1 Å². The van der Waals surface area contributed by atoms with Crippen molar-refractivity contribution in [2.75, 3.05) is 5.32 Å². The van der Waals surface area contributed by atoms with Gasteiger partial charge in [0.05, 0.1) is 0 Å². The Morgan fingerprint density at radius 3 is 2.74 bits per heavy atom. The van der Waals surface area contributed by atoms with Crippen LogP contribution in [0, 0.1) is 17.8 Å². The summed E-state index contributed by atoms with van der Waals surface area (Å²) >= 11 is 0. The molecule has 104 valence electrons. The second-order valence-electron chi connectivity index (χ2n) is 6.91. The lowest BCUT2D eigenvalue weighted by Gasteiger charge is -2.36. The van der Waals surface area contributed by atoms with Crippen molar-refractivity contribution in [3.05, 3.63) is 29.8 Å². The van der Waals surface area contributed by atoms with Crippen LogP contribution in [-0.2, 0) is 6.42 Å². The van der Waals surface area contributed by atoms with Crippen LogP contribution in [0.15, 0.2) is 24.3 Å². The van der Waals surface area contributed by atoms with E-state index in [9.17, 15) is 0 Å². The molecule has 1 aliphatic carbocycles. The maximum absolute atomic E-state index is 3.77. The predicted octanol–water partition coefficient (Wildman–Crippen LogP) is 4.88. The van der Waals surface area contributed by atoms with E-state index in [0.29, 0.717) is 6.04 Å². The normalized spacial score (nSPS) is 34.4. The third-order valence-corrected chi connectivity index (χ3v) is 5.46. The largest absolute Gasteiger partial charge is 0.382 e. The van der Waals surface area contributed by atoms with Gasteiger partial charge < -0.3 is 5.32 Å². The van der Waals surface area contributed by atoms with Crippen molar-refractivity contribution in [3.8, 4) is 0 Å². The Labute approximate surface area is 117 Å². The van der Waals surface area contributed by atoms with Crippen LogP contribution in [0.3, 0.4) is 0 Å². The molecule has 4 unspecified atom stereocenters. The van der Waals surface area contributed by atoms with Gasteiger partial charge in [-0.1, -0.05) is 44.9 Å². The maximum Gasteiger partial charge on any atom is 0.0374 e. The van der Waals surface area contributed by atoms with Gasteiger partial charge in [0.1, 0.15) is 0 Å². The number of aryl methyl sites for hydroxylation is 1. The summed E-state index contributed by atoms with van der Waals surface area (Å²) in [7, 11) is 0. The van der Waals surface area contributed by atoms with E-state index in [1.807, 2.05) is 0 Å². The quantitative estimate of drug-likeness (QED) is 0.796. The fourth-order valence-corrected chi connectivity index (χ4v) is 3.95. The van der Waals surface area contributed by atoms with Gasteiger partial charge >= 0.3 is 0 Å². The molecule has 1 heterocycles. The van der Waals surface area contributed by atoms with Crippen molar-refractivity contribution in [1.29, 1.82) is 0 Å². The average Bonchev–Trinajstić information content (AvgIpc) is 2.43. The first-order chi connectivity index (χ1) is 9.22. The van der Waals surface area contributed by atoms with Crippen molar-refractivity contribution in [1.82, 2.24) is 0 Å². The molecule has 1 nitrogen and oxygen atoms in total. The second kappa shape index (κ2) is 5.56. The van der Waals surface area contributed by atoms with Gasteiger partial charge in [-0.2, -0.15) is 0 Å². The van der Waals surface area contributed by atoms with Gasteiger partial charge in [-0.25, -0.2) is 0 Å². The summed E-state index contributed by atoms with van der Waals surface area (Å²) in [4.78, 5) is 0. The summed E-state index contributed by atoms with van der Waals surface area (Å²) in [6.07, 6.45) is 8.29. The smallest absolute Gasteiger partial charge is 0.0374 e. The molecule has 19 heavy (non-hydrogen) atoms. The van der Waals surface area contributed by atoms with Crippen LogP contribution in [0.2, 0.25) is 0 Å². The molecule has 0 saturated heterocycles. The van der Waals surface area contributed by atoms with Gasteiger partial charge in [-0.3, -0.25) is 0 Å². The van der Waals surface area contributed by atoms with E-state index < -0.39 is 0 Å². The third kappa shape index (κ3) is 2.96. The van der Waals surface area contributed by atoms with Gasteiger partial charge in [0.2, 0.25) is 0 Å². The van der Waals surface area contributed by atoms with Crippen molar-refractivity contribution in [3.63, 3.8) is 0 Å². The number of benzene rings is 1. The topological polar surface area (TPSA) is 12.0 Å². The standard InChI is InChI=1S/C18H27N/c1-13-7-8-15(11-14(13)2)12-17-10-9-16-5-3-4-6-18(16)19-17/h3-6,13-15,17,19H,7-12H2,1-2H3. The molecule has 1 fully saturated rings. The van der Waals surface area contributed by atoms with E-state index in [-0.39, 0.29) is 0 Å². The molecule has 3 rings (SSSR count). The number of rotatable bonds is 2. The van der Waals surface area contributed by atoms with Gasteiger partial charge in [-0.15, -0.1) is 0 Å². The average molecular weight is 257 g/mol. The Hall–Kier alpha value is -0.980. The Kier molecular flexibility index (Phi) is 3.81. The van der Waals surface area contributed by atoms with Crippen LogP contribution < -0.4 is 5.32 Å². The van der Waals surface area contributed by atoms with E-state index in [2.05, 4.69) is 43.4 Å². The van der Waals surface area contributed by atoms with Crippen LogP contribution in [0.25, 0.3) is 0 Å². The zero-order valence-electron chi connectivity index (χ0n) is 12.4. The summed E-state index contributed by atoms with van der Waals surface area (Å²) in [5.74, 6) is 2.82. The fraction of sp³-hybridized carbons (Fsp3) is 0.667. The highest BCUT2D eigenvalue weighted by Gasteiger charge is 2.27. The minimum absolute atomic E-state index is 0.709. The lowest BCUT2D eigenvalue weighted by Crippen LogP contribution is -2.30. The van der Waals surface area contributed by atoms with Crippen molar-refractivity contribution in [2.45, 2.75) is 58.4 Å². The predicted molar refractivity (Wildman–Crippen MR) is 82.5 cm³/mol. The molecule has 1 saturated carbocycles. The molecule has 4 atom stereocenters. The summed E-state index contributed by atoms with van der Waals surface area (Å²) in [5, 5.41) is 3.77. The maximum atomic E-state index is 3.77. The van der Waals surface area contributed by atoms with E-state index >= 15 is 0 Å². The first kappa shape index (κ1) is 13.0. The van der Waals surface area contributed by atoms with Crippen molar-refractivity contribution < 1.29 is 0 Å². The number of fused-ring (bicyclic) bond motifs is 1. The minimum atomic E-state index is 0.709. The summed E-state index contributed by atoms with van der Waals surface area (Å²) in [5.41, 5.74) is 2.89. The first-order valence-electron chi connectivity index (χ1n) is 8.07. The van der Waals surface area contributed by atoms with Crippen LogP contribution >= 0.6 is 0 Å². The monoisotopic (exact) mass is 257 g/mol. The lowest BCUT2D eigenvalue weighted by atomic mass is 9.73. The zero-order chi connectivity index (χ0) is 13.2. The Morgan fingerprint density at radius 1 is 1.05 bits per heavy atom. The molecule has 0 amide bonds.